The van der Waals surface area contributed by atoms with E-state index in [0.29, 0.717) is 0 Å². The minimum atomic E-state index is 0.194. The maximum Gasteiger partial charge on any atom is 0.253 e. The van der Waals surface area contributed by atoms with Crippen LogP contribution in [0.3, 0.4) is 0 Å². The van der Waals surface area contributed by atoms with E-state index in [1.165, 1.54) is 35.0 Å². The van der Waals surface area contributed by atoms with E-state index in [2.05, 4.69) is 37.6 Å². The Labute approximate surface area is 126 Å². The first-order valence-electron chi connectivity index (χ1n) is 7.94. The molecule has 1 aromatic carbocycles. The van der Waals surface area contributed by atoms with Crippen LogP contribution in [0.25, 0.3) is 10.9 Å². The highest BCUT2D eigenvalue weighted by molar-refractivity contribution is 5.99. The zero-order valence-corrected chi connectivity index (χ0v) is 13.3. The van der Waals surface area contributed by atoms with Gasteiger partial charge in [0, 0.05) is 42.3 Å². The van der Waals surface area contributed by atoms with Crippen molar-refractivity contribution < 1.29 is 4.79 Å². The number of nitrogens with zero attached hydrogens (tertiary/aromatic N) is 2. The Morgan fingerprint density at radius 1 is 1.05 bits per heavy atom. The molecule has 2 heterocycles. The van der Waals surface area contributed by atoms with Crippen molar-refractivity contribution in [3.05, 3.63) is 35.0 Å². The molecule has 1 fully saturated rings. The van der Waals surface area contributed by atoms with Crippen LogP contribution in [-0.4, -0.2) is 28.5 Å². The summed E-state index contributed by atoms with van der Waals surface area (Å²) in [6, 6.07) is 6.14. The van der Waals surface area contributed by atoms with Gasteiger partial charge >= 0.3 is 0 Å². The Morgan fingerprint density at radius 3 is 2.38 bits per heavy atom. The zero-order chi connectivity index (χ0) is 15.0. The van der Waals surface area contributed by atoms with E-state index in [1.807, 2.05) is 11.0 Å². The van der Waals surface area contributed by atoms with Gasteiger partial charge in [-0.05, 0) is 50.5 Å². The topological polar surface area (TPSA) is 25.2 Å². The summed E-state index contributed by atoms with van der Waals surface area (Å²) in [6.45, 7) is 6.08. The molecule has 1 aliphatic rings. The lowest BCUT2D eigenvalue weighted by Gasteiger charge is -2.20. The van der Waals surface area contributed by atoms with Gasteiger partial charge in [-0.3, -0.25) is 4.79 Å². The third-order valence-corrected chi connectivity index (χ3v) is 4.95. The third-order valence-electron chi connectivity index (χ3n) is 4.95. The molecule has 0 N–H and O–H groups in total. The fourth-order valence-electron chi connectivity index (χ4n) is 3.35. The Hall–Kier alpha value is -1.77. The van der Waals surface area contributed by atoms with E-state index < -0.39 is 0 Å². The van der Waals surface area contributed by atoms with Crippen molar-refractivity contribution in [2.45, 2.75) is 39.5 Å². The first-order chi connectivity index (χ1) is 10.1. The number of fused-ring (bicyclic) bond motifs is 1. The number of carbonyl (C=O) groups is 1. The fraction of sp³-hybridized carbons (Fsp3) is 0.500. The predicted octanol–water partition coefficient (Wildman–Crippen LogP) is 3.81. The van der Waals surface area contributed by atoms with Crippen molar-refractivity contribution in [1.29, 1.82) is 0 Å². The number of aryl methyl sites for hydroxylation is 2. The summed E-state index contributed by atoms with van der Waals surface area (Å²) in [4.78, 5) is 14.7. The molecule has 3 rings (SSSR count). The highest BCUT2D eigenvalue weighted by Gasteiger charge is 2.18. The molecule has 1 saturated heterocycles. The van der Waals surface area contributed by atoms with E-state index in [9.17, 15) is 4.79 Å². The molecule has 3 heteroatoms. The quantitative estimate of drug-likeness (QED) is 0.781. The number of hydrogen-bond acceptors (Lipinski definition) is 1. The second-order valence-corrected chi connectivity index (χ2v) is 6.21. The van der Waals surface area contributed by atoms with Crippen LogP contribution < -0.4 is 0 Å². The molecule has 0 unspecified atom stereocenters. The Morgan fingerprint density at radius 2 is 1.71 bits per heavy atom. The van der Waals surface area contributed by atoms with Crippen molar-refractivity contribution in [2.24, 2.45) is 7.05 Å². The SMILES string of the molecule is Cc1c(C)n(C)c2ccc(C(=O)N3CCCCCC3)cc12. The van der Waals surface area contributed by atoms with Crippen LogP contribution in [0.1, 0.15) is 47.3 Å². The Bertz CT molecular complexity index is 676. The van der Waals surface area contributed by atoms with Gasteiger partial charge in [-0.2, -0.15) is 0 Å². The van der Waals surface area contributed by atoms with Gasteiger partial charge in [-0.15, -0.1) is 0 Å². The molecule has 0 aliphatic carbocycles. The van der Waals surface area contributed by atoms with Crippen LogP contribution in [0.15, 0.2) is 18.2 Å². The lowest BCUT2D eigenvalue weighted by Crippen LogP contribution is -2.31. The van der Waals surface area contributed by atoms with E-state index >= 15 is 0 Å². The fourth-order valence-corrected chi connectivity index (χ4v) is 3.35. The maximum atomic E-state index is 12.7. The molecule has 2 aromatic rings. The lowest BCUT2D eigenvalue weighted by atomic mass is 10.1. The summed E-state index contributed by atoms with van der Waals surface area (Å²) in [7, 11) is 2.08. The van der Waals surface area contributed by atoms with Gasteiger partial charge in [-0.1, -0.05) is 12.8 Å². The minimum absolute atomic E-state index is 0.194. The van der Waals surface area contributed by atoms with E-state index in [1.54, 1.807) is 0 Å². The highest BCUT2D eigenvalue weighted by Crippen LogP contribution is 2.26. The van der Waals surface area contributed by atoms with Crippen molar-refractivity contribution in [1.82, 2.24) is 9.47 Å². The number of likely N-dealkylation sites (tertiary alicyclic amines) is 1. The van der Waals surface area contributed by atoms with Crippen LogP contribution in [0, 0.1) is 13.8 Å². The monoisotopic (exact) mass is 284 g/mol. The lowest BCUT2D eigenvalue weighted by molar-refractivity contribution is 0.0762. The second-order valence-electron chi connectivity index (χ2n) is 6.21. The Balaban J connectivity index is 1.96. The first-order valence-corrected chi connectivity index (χ1v) is 7.94. The Kier molecular flexibility index (Phi) is 3.75. The normalized spacial score (nSPS) is 16.2. The summed E-state index contributed by atoms with van der Waals surface area (Å²) in [5.41, 5.74) is 4.58. The molecule has 21 heavy (non-hydrogen) atoms. The first kappa shape index (κ1) is 14.2. The zero-order valence-electron chi connectivity index (χ0n) is 13.3. The van der Waals surface area contributed by atoms with Crippen molar-refractivity contribution in [2.75, 3.05) is 13.1 Å². The molecule has 0 atom stereocenters. The minimum Gasteiger partial charge on any atom is -0.348 e. The molecule has 0 bridgehead atoms. The maximum absolute atomic E-state index is 12.7. The molecule has 0 radical (unpaired) electrons. The van der Waals surface area contributed by atoms with Crippen molar-refractivity contribution in [3.8, 4) is 0 Å². The van der Waals surface area contributed by atoms with E-state index in [-0.39, 0.29) is 5.91 Å². The molecule has 0 saturated carbocycles. The molecule has 0 spiro atoms. The van der Waals surface area contributed by atoms with E-state index in [4.69, 9.17) is 0 Å². The molecule has 112 valence electrons. The molecule has 1 aliphatic heterocycles. The average molecular weight is 284 g/mol. The molecular formula is C18H24N2O. The number of amides is 1. The van der Waals surface area contributed by atoms with Crippen molar-refractivity contribution in [3.63, 3.8) is 0 Å². The summed E-state index contributed by atoms with van der Waals surface area (Å²) >= 11 is 0. The van der Waals surface area contributed by atoms with Crippen molar-refractivity contribution >= 4 is 16.8 Å². The van der Waals surface area contributed by atoms with Crippen LogP contribution in [0.5, 0.6) is 0 Å². The number of hydrogen-bond donors (Lipinski definition) is 0. The summed E-state index contributed by atoms with van der Waals surface area (Å²) in [6.07, 6.45) is 4.77. The molecular weight excluding hydrogens is 260 g/mol. The smallest absolute Gasteiger partial charge is 0.253 e. The van der Waals surface area contributed by atoms with Gasteiger partial charge in [0.2, 0.25) is 0 Å². The number of benzene rings is 1. The molecule has 3 nitrogen and oxygen atoms in total. The van der Waals surface area contributed by atoms with Crippen LogP contribution >= 0.6 is 0 Å². The van der Waals surface area contributed by atoms with Crippen LogP contribution in [0.4, 0.5) is 0 Å². The second kappa shape index (κ2) is 5.55. The highest BCUT2D eigenvalue weighted by atomic mass is 16.2. The van der Waals surface area contributed by atoms with E-state index in [0.717, 1.165) is 31.5 Å². The number of carbonyl (C=O) groups excluding carboxylic acids is 1. The third kappa shape index (κ3) is 2.45. The predicted molar refractivity (Wildman–Crippen MR) is 86.8 cm³/mol. The molecule has 1 amide bonds. The van der Waals surface area contributed by atoms with Gasteiger partial charge < -0.3 is 9.47 Å². The largest absolute Gasteiger partial charge is 0.348 e. The van der Waals surface area contributed by atoms with Gasteiger partial charge in [0.05, 0.1) is 0 Å². The van der Waals surface area contributed by atoms with Gasteiger partial charge in [-0.25, -0.2) is 0 Å². The molecule has 1 aromatic heterocycles. The number of rotatable bonds is 1. The van der Waals surface area contributed by atoms with Crippen LogP contribution in [0.2, 0.25) is 0 Å². The van der Waals surface area contributed by atoms with Crippen LogP contribution in [-0.2, 0) is 7.05 Å². The number of aromatic nitrogens is 1. The average Bonchev–Trinajstić information content (AvgIpc) is 2.74. The van der Waals surface area contributed by atoms with Gasteiger partial charge in [0.25, 0.3) is 5.91 Å². The summed E-state index contributed by atoms with van der Waals surface area (Å²) < 4.78 is 2.20. The van der Waals surface area contributed by atoms with Gasteiger partial charge in [0.1, 0.15) is 0 Å². The van der Waals surface area contributed by atoms with Gasteiger partial charge in [0.15, 0.2) is 0 Å². The standard InChI is InChI=1S/C18H24N2O/c1-13-14(2)19(3)17-9-8-15(12-16(13)17)18(21)20-10-6-4-5-7-11-20/h8-9,12H,4-7,10-11H2,1-3H3. The summed E-state index contributed by atoms with van der Waals surface area (Å²) in [5.74, 6) is 0.194. The summed E-state index contributed by atoms with van der Waals surface area (Å²) in [5, 5.41) is 1.20.